The van der Waals surface area contributed by atoms with Gasteiger partial charge in [0.05, 0.1) is 0 Å². The predicted molar refractivity (Wildman–Crippen MR) is 81.8 cm³/mol. The summed E-state index contributed by atoms with van der Waals surface area (Å²) >= 11 is 0. The summed E-state index contributed by atoms with van der Waals surface area (Å²) in [4.78, 5) is 11.9. The summed E-state index contributed by atoms with van der Waals surface area (Å²) < 4.78 is 0. The molecule has 0 aliphatic heterocycles. The standard InChI is InChI=1S/C17H12N2O/c18-19-17(20)14-9-7-12-5-4-10-2-1-3-11-6-8-13(14)16(12)15(10)11/h1-9H,18H2,(H,19,20). The first-order chi connectivity index (χ1) is 9.79. The van der Waals surface area contributed by atoms with Gasteiger partial charge in [-0.1, -0.05) is 48.5 Å². The number of benzene rings is 4. The molecule has 0 heterocycles. The maximum Gasteiger partial charge on any atom is 0.265 e. The first-order valence-electron chi connectivity index (χ1n) is 6.47. The zero-order chi connectivity index (χ0) is 13.7. The van der Waals surface area contributed by atoms with Crippen LogP contribution in [0.1, 0.15) is 10.4 Å². The van der Waals surface area contributed by atoms with Gasteiger partial charge in [-0.15, -0.1) is 0 Å². The van der Waals surface area contributed by atoms with Crippen LogP contribution < -0.4 is 11.3 Å². The smallest absolute Gasteiger partial charge is 0.265 e. The van der Waals surface area contributed by atoms with Crippen LogP contribution in [0, 0.1) is 0 Å². The minimum absolute atomic E-state index is 0.261. The van der Waals surface area contributed by atoms with Gasteiger partial charge in [-0.3, -0.25) is 10.2 Å². The summed E-state index contributed by atoms with van der Waals surface area (Å²) in [5, 5.41) is 6.78. The van der Waals surface area contributed by atoms with Crippen LogP contribution in [0.25, 0.3) is 32.3 Å². The van der Waals surface area contributed by atoms with Gasteiger partial charge >= 0.3 is 0 Å². The van der Waals surface area contributed by atoms with Crippen LogP contribution in [0.3, 0.4) is 0 Å². The third-order valence-electron chi connectivity index (χ3n) is 3.90. The Bertz CT molecular complexity index is 943. The number of carbonyl (C=O) groups excluding carboxylic acids is 1. The van der Waals surface area contributed by atoms with Crippen molar-refractivity contribution in [1.82, 2.24) is 5.43 Å². The van der Waals surface area contributed by atoms with E-state index in [2.05, 4.69) is 41.8 Å². The maximum atomic E-state index is 11.9. The van der Waals surface area contributed by atoms with E-state index >= 15 is 0 Å². The predicted octanol–water partition coefficient (Wildman–Crippen LogP) is 3.19. The van der Waals surface area contributed by atoms with Gasteiger partial charge in [-0.2, -0.15) is 0 Å². The third kappa shape index (κ3) is 1.35. The van der Waals surface area contributed by atoms with Crippen molar-refractivity contribution in [1.29, 1.82) is 0 Å². The fourth-order valence-electron chi connectivity index (χ4n) is 3.01. The van der Waals surface area contributed by atoms with E-state index in [0.717, 1.165) is 16.2 Å². The van der Waals surface area contributed by atoms with Crippen molar-refractivity contribution in [3.05, 3.63) is 60.2 Å². The second-order valence-corrected chi connectivity index (χ2v) is 4.94. The van der Waals surface area contributed by atoms with Crippen LogP contribution >= 0.6 is 0 Å². The van der Waals surface area contributed by atoms with E-state index in [1.165, 1.54) is 16.2 Å². The van der Waals surface area contributed by atoms with E-state index in [-0.39, 0.29) is 5.91 Å². The first-order valence-corrected chi connectivity index (χ1v) is 6.47. The van der Waals surface area contributed by atoms with Crippen molar-refractivity contribution in [3.8, 4) is 0 Å². The minimum Gasteiger partial charge on any atom is -0.290 e. The van der Waals surface area contributed by atoms with Gasteiger partial charge in [-0.05, 0) is 38.4 Å². The number of hydrogen-bond donors (Lipinski definition) is 2. The molecule has 4 aromatic carbocycles. The van der Waals surface area contributed by atoms with Gasteiger partial charge < -0.3 is 0 Å². The zero-order valence-electron chi connectivity index (χ0n) is 10.7. The van der Waals surface area contributed by atoms with Crippen molar-refractivity contribution in [2.75, 3.05) is 0 Å². The highest BCUT2D eigenvalue weighted by Gasteiger charge is 2.13. The van der Waals surface area contributed by atoms with E-state index in [1.807, 2.05) is 18.2 Å². The molecule has 0 saturated heterocycles. The molecule has 3 heteroatoms. The first kappa shape index (κ1) is 11.2. The quantitative estimate of drug-likeness (QED) is 0.239. The molecule has 0 bridgehead atoms. The topological polar surface area (TPSA) is 55.1 Å². The number of hydrazine groups is 1. The number of nitrogens with two attached hydrogens (primary N) is 1. The maximum absolute atomic E-state index is 11.9. The highest BCUT2D eigenvalue weighted by atomic mass is 16.2. The number of nitrogen functional groups attached to an aromatic ring is 1. The summed E-state index contributed by atoms with van der Waals surface area (Å²) in [6, 6.07) is 18.3. The molecular weight excluding hydrogens is 248 g/mol. The fourth-order valence-corrected chi connectivity index (χ4v) is 3.01. The molecule has 0 aromatic heterocycles. The Morgan fingerprint density at radius 1 is 0.800 bits per heavy atom. The molecule has 4 rings (SSSR count). The SMILES string of the molecule is NNC(=O)c1ccc2ccc3cccc4ccc1c2c34. The molecule has 3 N–H and O–H groups in total. The van der Waals surface area contributed by atoms with Crippen LogP contribution in [-0.4, -0.2) is 5.91 Å². The van der Waals surface area contributed by atoms with Crippen molar-refractivity contribution in [2.24, 2.45) is 5.84 Å². The summed E-state index contributed by atoms with van der Waals surface area (Å²) in [6.45, 7) is 0. The van der Waals surface area contributed by atoms with Crippen molar-refractivity contribution >= 4 is 38.2 Å². The Kier molecular flexibility index (Phi) is 2.20. The Balaban J connectivity index is 2.29. The number of carbonyl (C=O) groups is 1. The summed E-state index contributed by atoms with van der Waals surface area (Å²) in [7, 11) is 0. The van der Waals surface area contributed by atoms with Gasteiger partial charge in [-0.25, -0.2) is 5.84 Å². The van der Waals surface area contributed by atoms with Crippen molar-refractivity contribution in [3.63, 3.8) is 0 Å². The van der Waals surface area contributed by atoms with Crippen LogP contribution in [0.2, 0.25) is 0 Å². The zero-order valence-corrected chi connectivity index (χ0v) is 10.7. The molecule has 96 valence electrons. The highest BCUT2D eigenvalue weighted by molar-refractivity contribution is 6.26. The molecule has 0 radical (unpaired) electrons. The second-order valence-electron chi connectivity index (χ2n) is 4.94. The van der Waals surface area contributed by atoms with Crippen molar-refractivity contribution in [2.45, 2.75) is 0 Å². The minimum atomic E-state index is -0.261. The van der Waals surface area contributed by atoms with Crippen LogP contribution in [-0.2, 0) is 0 Å². The molecule has 1 amide bonds. The normalized spacial score (nSPS) is 11.4. The molecular formula is C17H12N2O. The number of rotatable bonds is 1. The van der Waals surface area contributed by atoms with Gasteiger partial charge in [0.15, 0.2) is 0 Å². The van der Waals surface area contributed by atoms with Gasteiger partial charge in [0.1, 0.15) is 0 Å². The van der Waals surface area contributed by atoms with E-state index in [1.54, 1.807) is 0 Å². The molecule has 4 aromatic rings. The van der Waals surface area contributed by atoms with E-state index in [4.69, 9.17) is 5.84 Å². The average Bonchev–Trinajstić information content (AvgIpc) is 2.51. The number of amides is 1. The molecule has 0 spiro atoms. The lowest BCUT2D eigenvalue weighted by Gasteiger charge is -2.12. The average molecular weight is 260 g/mol. The summed E-state index contributed by atoms with van der Waals surface area (Å²) in [6.07, 6.45) is 0. The number of nitrogens with one attached hydrogen (secondary N) is 1. The van der Waals surface area contributed by atoms with E-state index in [0.29, 0.717) is 5.56 Å². The van der Waals surface area contributed by atoms with Gasteiger partial charge in [0.2, 0.25) is 0 Å². The lowest BCUT2D eigenvalue weighted by atomic mass is 9.92. The van der Waals surface area contributed by atoms with Gasteiger partial charge in [0.25, 0.3) is 5.91 Å². The largest absolute Gasteiger partial charge is 0.290 e. The Morgan fingerprint density at radius 2 is 1.40 bits per heavy atom. The Morgan fingerprint density at radius 3 is 2.10 bits per heavy atom. The van der Waals surface area contributed by atoms with E-state index < -0.39 is 0 Å². The Hall–Kier alpha value is -2.65. The molecule has 0 atom stereocenters. The molecule has 0 aliphatic carbocycles. The lowest BCUT2D eigenvalue weighted by molar-refractivity contribution is 0.0955. The summed E-state index contributed by atoms with van der Waals surface area (Å²) in [5.74, 6) is 5.01. The molecule has 3 nitrogen and oxygen atoms in total. The van der Waals surface area contributed by atoms with Crippen LogP contribution in [0.5, 0.6) is 0 Å². The molecule has 0 unspecified atom stereocenters. The van der Waals surface area contributed by atoms with E-state index in [9.17, 15) is 4.79 Å². The number of hydrogen-bond acceptors (Lipinski definition) is 2. The van der Waals surface area contributed by atoms with Crippen LogP contribution in [0.15, 0.2) is 54.6 Å². The lowest BCUT2D eigenvalue weighted by Crippen LogP contribution is -2.30. The Labute approximate surface area is 115 Å². The molecule has 0 fully saturated rings. The van der Waals surface area contributed by atoms with Gasteiger partial charge in [0, 0.05) is 5.56 Å². The summed E-state index contributed by atoms with van der Waals surface area (Å²) in [5.41, 5.74) is 2.83. The molecule has 0 aliphatic rings. The third-order valence-corrected chi connectivity index (χ3v) is 3.90. The fraction of sp³-hybridized carbons (Fsp3) is 0. The highest BCUT2D eigenvalue weighted by Crippen LogP contribution is 2.35. The molecule has 20 heavy (non-hydrogen) atoms. The second kappa shape index (κ2) is 3.92. The van der Waals surface area contributed by atoms with Crippen LogP contribution in [0.4, 0.5) is 0 Å². The monoisotopic (exact) mass is 260 g/mol. The van der Waals surface area contributed by atoms with Crippen molar-refractivity contribution < 1.29 is 4.79 Å². The molecule has 0 saturated carbocycles.